The minimum Gasteiger partial charge on any atom is -0.482 e. The molecule has 1 amide bonds. The lowest BCUT2D eigenvalue weighted by Crippen LogP contribution is -2.17. The number of hydrogen-bond donors (Lipinski definition) is 1. The summed E-state index contributed by atoms with van der Waals surface area (Å²) in [7, 11) is 0. The van der Waals surface area contributed by atoms with Crippen LogP contribution in [0.4, 0.5) is 18.9 Å². The van der Waals surface area contributed by atoms with Crippen molar-refractivity contribution in [3.63, 3.8) is 0 Å². The molecule has 1 N–H and O–H groups in total. The highest BCUT2D eigenvalue weighted by molar-refractivity contribution is 6.02. The summed E-state index contributed by atoms with van der Waals surface area (Å²) in [6.07, 6.45) is -3.78. The van der Waals surface area contributed by atoms with Crippen molar-refractivity contribution >= 4 is 11.6 Å². The van der Waals surface area contributed by atoms with Gasteiger partial charge in [-0.3, -0.25) is 9.59 Å². The fraction of sp³-hybridized carbons (Fsp3) is 0.100. The summed E-state index contributed by atoms with van der Waals surface area (Å²) in [6, 6.07) is 14.6. The van der Waals surface area contributed by atoms with Crippen molar-refractivity contribution < 1.29 is 31.9 Å². The van der Waals surface area contributed by atoms with Crippen LogP contribution in [0.15, 0.2) is 76.1 Å². The van der Waals surface area contributed by atoms with E-state index in [0.717, 1.165) is 30.0 Å². The van der Waals surface area contributed by atoms with E-state index in [4.69, 9.17) is 9.15 Å². The van der Waals surface area contributed by atoms with E-state index in [2.05, 4.69) is 10.1 Å². The monoisotopic (exact) mass is 405 g/mol. The molecule has 0 aliphatic carbocycles. The smallest absolute Gasteiger partial charge is 0.482 e. The Hall–Kier alpha value is -3.75. The molecular formula is C20H14F3NO5. The van der Waals surface area contributed by atoms with Crippen LogP contribution in [0.5, 0.6) is 11.5 Å². The van der Waals surface area contributed by atoms with Gasteiger partial charge in [0.05, 0.1) is 0 Å². The number of amides is 1. The van der Waals surface area contributed by atoms with E-state index >= 15 is 0 Å². The molecule has 2 aromatic carbocycles. The number of nitrogens with one attached hydrogen (secondary N) is 1. The molecular weight excluding hydrogens is 391 g/mol. The summed E-state index contributed by atoms with van der Waals surface area (Å²) < 4.78 is 50.7. The van der Waals surface area contributed by atoms with E-state index in [9.17, 15) is 22.8 Å². The average molecular weight is 405 g/mol. The molecule has 150 valence electrons. The first kappa shape index (κ1) is 20.0. The van der Waals surface area contributed by atoms with Crippen molar-refractivity contribution in [2.24, 2.45) is 0 Å². The summed E-state index contributed by atoms with van der Waals surface area (Å²) in [4.78, 5) is 24.3. The third-order valence-corrected chi connectivity index (χ3v) is 3.60. The lowest BCUT2D eigenvalue weighted by atomic mass is 10.2. The predicted octanol–water partition coefficient (Wildman–Crippen LogP) is 4.37. The predicted molar refractivity (Wildman–Crippen MR) is 96.8 cm³/mol. The number of carbonyl (C=O) groups excluding carboxylic acids is 1. The van der Waals surface area contributed by atoms with E-state index in [1.54, 1.807) is 0 Å². The SMILES string of the molecule is O=C(Nc1ccc(OC(F)(F)F)cc1)c1cc(=O)c(OCc2ccccc2)co1. The highest BCUT2D eigenvalue weighted by Crippen LogP contribution is 2.24. The number of hydrogen-bond acceptors (Lipinski definition) is 5. The highest BCUT2D eigenvalue weighted by Gasteiger charge is 2.31. The largest absolute Gasteiger partial charge is 0.573 e. The zero-order chi connectivity index (χ0) is 20.9. The summed E-state index contributed by atoms with van der Waals surface area (Å²) in [5.41, 5.74) is 0.495. The molecule has 3 aromatic rings. The molecule has 9 heteroatoms. The highest BCUT2D eigenvalue weighted by atomic mass is 19.4. The number of alkyl halides is 3. The van der Waals surface area contributed by atoms with Crippen LogP contribution in [0.2, 0.25) is 0 Å². The molecule has 0 saturated carbocycles. The first-order valence-corrected chi connectivity index (χ1v) is 8.27. The molecule has 0 aliphatic heterocycles. The molecule has 0 unspecified atom stereocenters. The van der Waals surface area contributed by atoms with Gasteiger partial charge in [0.1, 0.15) is 18.6 Å². The molecule has 0 fully saturated rings. The van der Waals surface area contributed by atoms with Crippen molar-refractivity contribution in [2.45, 2.75) is 13.0 Å². The van der Waals surface area contributed by atoms with Gasteiger partial charge in [0, 0.05) is 11.8 Å². The Balaban J connectivity index is 1.62. The van der Waals surface area contributed by atoms with Gasteiger partial charge in [0.2, 0.25) is 11.2 Å². The van der Waals surface area contributed by atoms with Crippen LogP contribution in [0, 0.1) is 0 Å². The molecule has 0 radical (unpaired) electrons. The molecule has 6 nitrogen and oxygen atoms in total. The van der Waals surface area contributed by atoms with Gasteiger partial charge in [-0.2, -0.15) is 0 Å². The average Bonchev–Trinajstić information content (AvgIpc) is 2.68. The van der Waals surface area contributed by atoms with Gasteiger partial charge in [0.25, 0.3) is 5.91 Å². The zero-order valence-electron chi connectivity index (χ0n) is 14.7. The first-order valence-electron chi connectivity index (χ1n) is 8.27. The molecule has 0 atom stereocenters. The number of rotatable bonds is 6. The molecule has 1 aromatic heterocycles. The Morgan fingerprint density at radius 2 is 1.72 bits per heavy atom. The summed E-state index contributed by atoms with van der Waals surface area (Å²) in [5, 5.41) is 2.40. The maximum absolute atomic E-state index is 12.2. The Morgan fingerprint density at radius 3 is 2.34 bits per heavy atom. The van der Waals surface area contributed by atoms with Gasteiger partial charge >= 0.3 is 6.36 Å². The summed E-state index contributed by atoms with van der Waals surface area (Å²) in [6.45, 7) is 0.156. The Bertz CT molecular complexity index is 1030. The fourth-order valence-electron chi connectivity index (χ4n) is 2.29. The van der Waals surface area contributed by atoms with E-state index in [1.165, 1.54) is 12.1 Å². The summed E-state index contributed by atoms with van der Waals surface area (Å²) >= 11 is 0. The fourth-order valence-corrected chi connectivity index (χ4v) is 2.29. The van der Waals surface area contributed by atoms with Gasteiger partial charge in [-0.05, 0) is 29.8 Å². The number of benzene rings is 2. The van der Waals surface area contributed by atoms with Crippen molar-refractivity contribution in [1.29, 1.82) is 0 Å². The second-order valence-corrected chi connectivity index (χ2v) is 5.77. The van der Waals surface area contributed by atoms with Crippen LogP contribution in [0.25, 0.3) is 0 Å². The maximum atomic E-state index is 12.2. The lowest BCUT2D eigenvalue weighted by molar-refractivity contribution is -0.274. The van der Waals surface area contributed by atoms with E-state index in [1.807, 2.05) is 30.3 Å². The number of ether oxygens (including phenoxy) is 2. The standard InChI is InChI=1S/C20H14F3NO5/c21-20(22,23)29-15-8-6-14(7-9-15)24-19(26)17-10-16(25)18(12-28-17)27-11-13-4-2-1-3-5-13/h1-10,12H,11H2,(H,24,26). The normalized spacial score (nSPS) is 11.0. The second-order valence-electron chi connectivity index (χ2n) is 5.77. The first-order chi connectivity index (χ1) is 13.8. The molecule has 0 saturated heterocycles. The molecule has 0 spiro atoms. The minimum absolute atomic E-state index is 0.0564. The van der Waals surface area contributed by atoms with Gasteiger partial charge < -0.3 is 19.2 Å². The van der Waals surface area contributed by atoms with Crippen molar-refractivity contribution in [3.05, 3.63) is 88.5 Å². The van der Waals surface area contributed by atoms with Gasteiger partial charge in [-0.1, -0.05) is 30.3 Å². The quantitative estimate of drug-likeness (QED) is 0.659. The van der Waals surface area contributed by atoms with Crippen molar-refractivity contribution in [2.75, 3.05) is 5.32 Å². The molecule has 0 aliphatic rings. The van der Waals surface area contributed by atoms with Gasteiger partial charge in [-0.25, -0.2) is 0 Å². The summed E-state index contributed by atoms with van der Waals surface area (Å²) in [5.74, 6) is -1.51. The minimum atomic E-state index is -4.81. The van der Waals surface area contributed by atoms with Crippen LogP contribution < -0.4 is 20.2 Å². The number of carbonyl (C=O) groups is 1. The molecule has 0 bridgehead atoms. The van der Waals surface area contributed by atoms with Gasteiger partial charge in [0.15, 0.2) is 5.76 Å². The lowest BCUT2D eigenvalue weighted by Gasteiger charge is -2.10. The molecule has 1 heterocycles. The Morgan fingerprint density at radius 1 is 1.03 bits per heavy atom. The third kappa shape index (κ3) is 5.86. The molecule has 3 rings (SSSR count). The topological polar surface area (TPSA) is 77.8 Å². The van der Waals surface area contributed by atoms with Gasteiger partial charge in [-0.15, -0.1) is 13.2 Å². The Kier molecular flexibility index (Phi) is 5.87. The number of anilines is 1. The van der Waals surface area contributed by atoms with E-state index < -0.39 is 23.4 Å². The van der Waals surface area contributed by atoms with Crippen LogP contribution in [-0.2, 0) is 6.61 Å². The van der Waals surface area contributed by atoms with Crippen molar-refractivity contribution in [1.82, 2.24) is 0 Å². The van der Waals surface area contributed by atoms with Crippen LogP contribution in [0.3, 0.4) is 0 Å². The Labute approximate surface area is 162 Å². The van der Waals surface area contributed by atoms with Crippen LogP contribution >= 0.6 is 0 Å². The second kappa shape index (κ2) is 8.51. The maximum Gasteiger partial charge on any atom is 0.573 e. The van der Waals surface area contributed by atoms with Crippen molar-refractivity contribution in [3.8, 4) is 11.5 Å². The molecule has 29 heavy (non-hydrogen) atoms. The zero-order valence-corrected chi connectivity index (χ0v) is 14.7. The van der Waals surface area contributed by atoms with E-state index in [0.29, 0.717) is 0 Å². The van der Waals surface area contributed by atoms with E-state index in [-0.39, 0.29) is 23.8 Å². The number of halogens is 3. The third-order valence-electron chi connectivity index (χ3n) is 3.60. The van der Waals surface area contributed by atoms with Crippen LogP contribution in [-0.4, -0.2) is 12.3 Å². The van der Waals surface area contributed by atoms with Crippen LogP contribution in [0.1, 0.15) is 16.1 Å².